The molecule has 1 aliphatic rings. The molecule has 0 saturated carbocycles. The average Bonchev–Trinajstić information content (AvgIpc) is 3.78. The van der Waals surface area contributed by atoms with Gasteiger partial charge in [-0.2, -0.15) is 0 Å². The molecule has 0 N–H and O–H groups in total. The zero-order valence-electron chi connectivity index (χ0n) is 30.9. The third-order valence-corrected chi connectivity index (χ3v) is 11.7. The molecular weight excluding hydrogens is 695 g/mol. The lowest BCUT2D eigenvalue weighted by Gasteiger charge is -2.13. The summed E-state index contributed by atoms with van der Waals surface area (Å²) in [5.74, 6) is 0. The minimum absolute atomic E-state index is 0.740. The van der Waals surface area contributed by atoms with E-state index in [4.69, 9.17) is 13.8 Å². The van der Waals surface area contributed by atoms with Crippen molar-refractivity contribution in [2.24, 2.45) is 4.99 Å². The molecular formula is C54H33NO2. The number of allylic oxidation sites excluding steroid dienone is 3. The summed E-state index contributed by atoms with van der Waals surface area (Å²) >= 11 is 0. The van der Waals surface area contributed by atoms with Crippen molar-refractivity contribution in [3.05, 3.63) is 205 Å². The first-order valence-electron chi connectivity index (χ1n) is 19.5. The van der Waals surface area contributed by atoms with Crippen molar-refractivity contribution in [1.29, 1.82) is 0 Å². The predicted octanol–water partition coefficient (Wildman–Crippen LogP) is 14.9. The van der Waals surface area contributed by atoms with E-state index in [0.29, 0.717) is 0 Å². The molecule has 2 aromatic heterocycles. The molecule has 0 unspecified atom stereocenters. The minimum atomic E-state index is 0.740. The van der Waals surface area contributed by atoms with Crippen LogP contribution in [0.2, 0.25) is 0 Å². The fourth-order valence-electron chi connectivity index (χ4n) is 9.13. The van der Waals surface area contributed by atoms with Gasteiger partial charge in [-0.05, 0) is 91.8 Å². The largest absolute Gasteiger partial charge is 0.456 e. The second-order valence-corrected chi connectivity index (χ2v) is 14.9. The monoisotopic (exact) mass is 727 g/mol. The van der Waals surface area contributed by atoms with Crippen molar-refractivity contribution >= 4 is 93.2 Å². The molecule has 3 heterocycles. The molecule has 9 aromatic carbocycles. The van der Waals surface area contributed by atoms with Gasteiger partial charge in [0, 0.05) is 38.2 Å². The van der Waals surface area contributed by atoms with Gasteiger partial charge in [-0.3, -0.25) is 0 Å². The van der Waals surface area contributed by atoms with E-state index in [0.717, 1.165) is 84.0 Å². The Kier molecular flexibility index (Phi) is 6.99. The second kappa shape index (κ2) is 12.5. The topological polar surface area (TPSA) is 38.6 Å². The first-order valence-corrected chi connectivity index (χ1v) is 19.5. The highest BCUT2D eigenvalue weighted by molar-refractivity contribution is 6.29. The minimum Gasteiger partial charge on any atom is -0.456 e. The maximum atomic E-state index is 6.93. The summed E-state index contributed by atoms with van der Waals surface area (Å²) in [6.45, 7) is 0. The Morgan fingerprint density at radius 3 is 1.96 bits per heavy atom. The molecule has 1 aliphatic heterocycles. The maximum absolute atomic E-state index is 6.93. The smallest absolute Gasteiger partial charge is 0.143 e. The van der Waals surface area contributed by atoms with Crippen LogP contribution in [0.1, 0.15) is 23.1 Å². The molecule has 0 aliphatic carbocycles. The Bertz CT molecular complexity index is 3540. The predicted molar refractivity (Wildman–Crippen MR) is 239 cm³/mol. The van der Waals surface area contributed by atoms with Crippen LogP contribution >= 0.6 is 0 Å². The quantitative estimate of drug-likeness (QED) is 0.169. The van der Waals surface area contributed by atoms with E-state index in [-0.39, 0.29) is 0 Å². The Hall–Kier alpha value is -7.49. The molecule has 3 nitrogen and oxygen atoms in total. The van der Waals surface area contributed by atoms with E-state index >= 15 is 0 Å². The van der Waals surface area contributed by atoms with Crippen LogP contribution in [0.15, 0.2) is 202 Å². The highest BCUT2D eigenvalue weighted by Crippen LogP contribution is 2.45. The van der Waals surface area contributed by atoms with Crippen LogP contribution in [-0.2, 0) is 0 Å². The summed E-state index contributed by atoms with van der Waals surface area (Å²) in [6.07, 6.45) is 5.33. The third-order valence-electron chi connectivity index (χ3n) is 11.7. The number of hydrogen-bond donors (Lipinski definition) is 0. The van der Waals surface area contributed by atoms with Gasteiger partial charge in [-0.1, -0.05) is 152 Å². The van der Waals surface area contributed by atoms with Crippen LogP contribution in [0.3, 0.4) is 0 Å². The number of rotatable bonds is 4. The number of aliphatic imine (C=N–C) groups is 1. The number of hydrogen-bond acceptors (Lipinski definition) is 3. The van der Waals surface area contributed by atoms with E-state index < -0.39 is 0 Å². The van der Waals surface area contributed by atoms with Crippen LogP contribution in [0, 0.1) is 0 Å². The zero-order valence-corrected chi connectivity index (χ0v) is 30.9. The SMILES string of the molecule is C1=C(c2ccccc2)CC=C(c2cc3ccccc3c3ccccc23)N=C1c1ccc(-c2cccc3oc4ccc5ccccc5c4c23)c2oc3ccccc3c12. The summed E-state index contributed by atoms with van der Waals surface area (Å²) in [5.41, 5.74) is 11.9. The first-order chi connectivity index (χ1) is 28.3. The molecule has 0 spiro atoms. The highest BCUT2D eigenvalue weighted by Gasteiger charge is 2.23. The average molecular weight is 728 g/mol. The third kappa shape index (κ3) is 4.96. The summed E-state index contributed by atoms with van der Waals surface area (Å²) in [7, 11) is 0. The van der Waals surface area contributed by atoms with Gasteiger partial charge in [0.05, 0.1) is 11.4 Å². The van der Waals surface area contributed by atoms with E-state index in [9.17, 15) is 0 Å². The number of fused-ring (bicyclic) bond motifs is 11. The Labute approximate surface area is 328 Å². The molecule has 0 amide bonds. The van der Waals surface area contributed by atoms with E-state index in [2.05, 4.69) is 182 Å². The fourth-order valence-corrected chi connectivity index (χ4v) is 9.13. The Morgan fingerprint density at radius 1 is 0.404 bits per heavy atom. The number of nitrogens with zero attached hydrogens (tertiary/aromatic N) is 1. The van der Waals surface area contributed by atoms with Gasteiger partial charge in [-0.15, -0.1) is 0 Å². The van der Waals surface area contributed by atoms with Crippen LogP contribution in [-0.4, -0.2) is 5.71 Å². The molecule has 0 fully saturated rings. The van der Waals surface area contributed by atoms with Crippen LogP contribution in [0.25, 0.3) is 98.6 Å². The first kappa shape index (κ1) is 31.8. The van der Waals surface area contributed by atoms with Crippen LogP contribution in [0.5, 0.6) is 0 Å². The lowest BCUT2D eigenvalue weighted by Crippen LogP contribution is -2.00. The second-order valence-electron chi connectivity index (χ2n) is 14.9. The van der Waals surface area contributed by atoms with E-state index in [1.807, 2.05) is 6.07 Å². The van der Waals surface area contributed by atoms with Crippen molar-refractivity contribution in [3.8, 4) is 11.1 Å². The Morgan fingerprint density at radius 2 is 1.09 bits per heavy atom. The van der Waals surface area contributed by atoms with Gasteiger partial charge < -0.3 is 8.83 Å². The lowest BCUT2D eigenvalue weighted by molar-refractivity contribution is 0.669. The molecule has 0 atom stereocenters. The molecule has 0 radical (unpaired) electrons. The normalized spacial score (nSPS) is 13.5. The zero-order chi connectivity index (χ0) is 37.5. The number of para-hydroxylation sites is 1. The van der Waals surface area contributed by atoms with E-state index in [1.54, 1.807) is 0 Å². The molecule has 11 aromatic rings. The van der Waals surface area contributed by atoms with Crippen LogP contribution in [0.4, 0.5) is 0 Å². The van der Waals surface area contributed by atoms with Crippen molar-refractivity contribution in [2.75, 3.05) is 0 Å². The van der Waals surface area contributed by atoms with Crippen molar-refractivity contribution in [2.45, 2.75) is 6.42 Å². The molecule has 266 valence electrons. The van der Waals surface area contributed by atoms with Crippen molar-refractivity contribution < 1.29 is 8.83 Å². The molecule has 0 bridgehead atoms. The highest BCUT2D eigenvalue weighted by atomic mass is 16.3. The Balaban J connectivity index is 1.14. The lowest BCUT2D eigenvalue weighted by atomic mass is 9.92. The maximum Gasteiger partial charge on any atom is 0.143 e. The van der Waals surface area contributed by atoms with Gasteiger partial charge in [0.15, 0.2) is 0 Å². The van der Waals surface area contributed by atoms with Gasteiger partial charge in [0.2, 0.25) is 0 Å². The molecule has 3 heteroatoms. The van der Waals surface area contributed by atoms with Gasteiger partial charge >= 0.3 is 0 Å². The molecule has 57 heavy (non-hydrogen) atoms. The van der Waals surface area contributed by atoms with Crippen molar-refractivity contribution in [3.63, 3.8) is 0 Å². The summed E-state index contributed by atoms with van der Waals surface area (Å²) in [4.78, 5) is 5.65. The molecule has 12 rings (SSSR count). The molecule has 0 saturated heterocycles. The van der Waals surface area contributed by atoms with Gasteiger partial charge in [0.1, 0.15) is 22.3 Å². The summed E-state index contributed by atoms with van der Waals surface area (Å²) in [5, 5.41) is 11.5. The van der Waals surface area contributed by atoms with Crippen molar-refractivity contribution in [1.82, 2.24) is 0 Å². The number of benzene rings is 9. The fraction of sp³-hybridized carbons (Fsp3) is 0.0185. The summed E-state index contributed by atoms with van der Waals surface area (Å²) < 4.78 is 13.5. The van der Waals surface area contributed by atoms with Gasteiger partial charge in [0.25, 0.3) is 0 Å². The standard InChI is InChI=1S/C54H33NO2/c1-2-13-33(14-3-1)35-25-29-46(45-31-36-16-5-6-17-37(36)39-19-8-9-20-40(39)45)55-47(32-35)43-28-27-42(54-51(43)44-21-10-11-23-48(44)57-54)41-22-12-24-49-53(41)52-38-18-7-4-15-34(38)26-30-50(52)56-49/h1-24,26-32H,25H2. The number of furan rings is 2. The van der Waals surface area contributed by atoms with Crippen LogP contribution < -0.4 is 0 Å². The van der Waals surface area contributed by atoms with Gasteiger partial charge in [-0.25, -0.2) is 4.99 Å². The summed E-state index contributed by atoms with van der Waals surface area (Å²) in [6, 6.07) is 62.3. The van der Waals surface area contributed by atoms with E-state index in [1.165, 1.54) is 43.5 Å².